The topological polar surface area (TPSA) is 32.9 Å². The number of benzene rings is 1. The van der Waals surface area contributed by atoms with Crippen LogP contribution in [0.1, 0.15) is 43.7 Å². The zero-order chi connectivity index (χ0) is 11.7. The van der Waals surface area contributed by atoms with Gasteiger partial charge in [0.1, 0.15) is 0 Å². The number of para-hydroxylation sites is 1. The first-order valence-corrected chi connectivity index (χ1v) is 6.46. The first-order valence-electron chi connectivity index (χ1n) is 6.46. The fraction of sp³-hybridized carbons (Fsp3) is 0.400. The molecule has 0 spiro atoms. The molecule has 1 heterocycles. The number of pyridine rings is 1. The van der Waals surface area contributed by atoms with Crippen molar-refractivity contribution in [2.75, 3.05) is 0 Å². The van der Waals surface area contributed by atoms with Crippen molar-refractivity contribution in [2.45, 2.75) is 38.0 Å². The van der Waals surface area contributed by atoms with Crippen LogP contribution in [0.2, 0.25) is 0 Å². The Morgan fingerprint density at radius 3 is 2.65 bits per heavy atom. The molecule has 88 valence electrons. The van der Waals surface area contributed by atoms with Crippen LogP contribution in [0.15, 0.2) is 35.1 Å². The number of H-pyrrole nitrogens is 1. The SMILES string of the molecule is O=c1cc(C2CCCCC2)[nH]c2ccccc12. The van der Waals surface area contributed by atoms with Gasteiger partial charge in [-0.1, -0.05) is 31.4 Å². The van der Waals surface area contributed by atoms with E-state index >= 15 is 0 Å². The first-order chi connectivity index (χ1) is 8.34. The summed E-state index contributed by atoms with van der Waals surface area (Å²) in [4.78, 5) is 15.5. The minimum absolute atomic E-state index is 0.153. The van der Waals surface area contributed by atoms with E-state index in [9.17, 15) is 4.79 Å². The number of aromatic nitrogens is 1. The summed E-state index contributed by atoms with van der Waals surface area (Å²) in [5, 5.41) is 0.798. The molecule has 3 rings (SSSR count). The molecule has 1 aromatic heterocycles. The van der Waals surface area contributed by atoms with E-state index < -0.39 is 0 Å². The van der Waals surface area contributed by atoms with Gasteiger partial charge in [-0.25, -0.2) is 0 Å². The highest BCUT2D eigenvalue weighted by atomic mass is 16.1. The Bertz CT molecular complexity index is 579. The lowest BCUT2D eigenvalue weighted by Gasteiger charge is -2.21. The van der Waals surface area contributed by atoms with Gasteiger partial charge in [0, 0.05) is 22.7 Å². The molecule has 1 aromatic carbocycles. The summed E-state index contributed by atoms with van der Waals surface area (Å²) in [5.41, 5.74) is 2.26. The van der Waals surface area contributed by atoms with Gasteiger partial charge >= 0.3 is 0 Å². The van der Waals surface area contributed by atoms with Crippen LogP contribution in [0, 0.1) is 0 Å². The predicted octanol–water partition coefficient (Wildman–Crippen LogP) is 3.58. The third-order valence-corrected chi connectivity index (χ3v) is 3.80. The van der Waals surface area contributed by atoms with E-state index in [1.165, 1.54) is 32.1 Å². The van der Waals surface area contributed by atoms with Crippen molar-refractivity contribution in [1.82, 2.24) is 4.98 Å². The molecule has 1 saturated carbocycles. The zero-order valence-corrected chi connectivity index (χ0v) is 9.91. The smallest absolute Gasteiger partial charge is 0.189 e. The molecule has 0 atom stereocenters. The van der Waals surface area contributed by atoms with Gasteiger partial charge in [-0.05, 0) is 30.9 Å². The van der Waals surface area contributed by atoms with Crippen LogP contribution in [0.3, 0.4) is 0 Å². The van der Waals surface area contributed by atoms with Crippen LogP contribution >= 0.6 is 0 Å². The van der Waals surface area contributed by atoms with Gasteiger partial charge in [-0.3, -0.25) is 4.79 Å². The summed E-state index contributed by atoms with van der Waals surface area (Å²) in [7, 11) is 0. The Balaban J connectivity index is 2.08. The molecule has 1 aliphatic rings. The average molecular weight is 227 g/mol. The zero-order valence-electron chi connectivity index (χ0n) is 9.91. The van der Waals surface area contributed by atoms with E-state index in [0.717, 1.165) is 16.6 Å². The highest BCUT2D eigenvalue weighted by Crippen LogP contribution is 2.31. The van der Waals surface area contributed by atoms with Gasteiger partial charge in [-0.2, -0.15) is 0 Å². The number of hydrogen-bond acceptors (Lipinski definition) is 1. The first kappa shape index (κ1) is 10.6. The monoisotopic (exact) mass is 227 g/mol. The van der Waals surface area contributed by atoms with Gasteiger partial charge in [0.05, 0.1) is 0 Å². The lowest BCUT2D eigenvalue weighted by Crippen LogP contribution is -2.11. The molecule has 1 N–H and O–H groups in total. The highest BCUT2D eigenvalue weighted by Gasteiger charge is 2.16. The van der Waals surface area contributed by atoms with Crippen LogP contribution in [0.4, 0.5) is 0 Å². The molecular formula is C15H17NO. The lowest BCUT2D eigenvalue weighted by molar-refractivity contribution is 0.437. The summed E-state index contributed by atoms with van der Waals surface area (Å²) in [6.45, 7) is 0. The van der Waals surface area contributed by atoms with E-state index in [4.69, 9.17) is 0 Å². The Labute approximate surface area is 101 Å². The average Bonchev–Trinajstić information content (AvgIpc) is 2.40. The van der Waals surface area contributed by atoms with Crippen LogP contribution in [0.5, 0.6) is 0 Å². The van der Waals surface area contributed by atoms with E-state index in [0.29, 0.717) is 5.92 Å². The van der Waals surface area contributed by atoms with Crippen molar-refractivity contribution in [3.05, 3.63) is 46.2 Å². The summed E-state index contributed by atoms with van der Waals surface area (Å²) in [6.07, 6.45) is 6.36. The Hall–Kier alpha value is -1.57. The summed E-state index contributed by atoms with van der Waals surface area (Å²) < 4.78 is 0. The molecule has 1 aliphatic carbocycles. The number of hydrogen-bond donors (Lipinski definition) is 1. The third kappa shape index (κ3) is 1.99. The van der Waals surface area contributed by atoms with E-state index in [2.05, 4.69) is 4.98 Å². The molecule has 2 aromatic rings. The van der Waals surface area contributed by atoms with Crippen LogP contribution < -0.4 is 5.43 Å². The third-order valence-electron chi connectivity index (χ3n) is 3.80. The summed E-state index contributed by atoms with van der Waals surface area (Å²) in [6, 6.07) is 9.57. The van der Waals surface area contributed by atoms with E-state index in [1.54, 1.807) is 6.07 Å². The lowest BCUT2D eigenvalue weighted by atomic mass is 9.86. The Kier molecular flexibility index (Phi) is 2.71. The fourth-order valence-corrected chi connectivity index (χ4v) is 2.85. The predicted molar refractivity (Wildman–Crippen MR) is 70.4 cm³/mol. The largest absolute Gasteiger partial charge is 0.358 e. The van der Waals surface area contributed by atoms with E-state index in [-0.39, 0.29) is 5.43 Å². The Morgan fingerprint density at radius 1 is 1.06 bits per heavy atom. The Morgan fingerprint density at radius 2 is 1.82 bits per heavy atom. The van der Waals surface area contributed by atoms with Crippen molar-refractivity contribution >= 4 is 10.9 Å². The number of rotatable bonds is 1. The quantitative estimate of drug-likeness (QED) is 0.793. The van der Waals surface area contributed by atoms with E-state index in [1.807, 2.05) is 24.3 Å². The van der Waals surface area contributed by atoms with Crippen molar-refractivity contribution in [3.8, 4) is 0 Å². The second kappa shape index (κ2) is 4.36. The maximum Gasteiger partial charge on any atom is 0.189 e. The number of nitrogens with one attached hydrogen (secondary N) is 1. The highest BCUT2D eigenvalue weighted by molar-refractivity contribution is 5.78. The van der Waals surface area contributed by atoms with Crippen LogP contribution in [-0.4, -0.2) is 4.98 Å². The summed E-state index contributed by atoms with van der Waals surface area (Å²) >= 11 is 0. The van der Waals surface area contributed by atoms with Crippen molar-refractivity contribution in [1.29, 1.82) is 0 Å². The van der Waals surface area contributed by atoms with Crippen molar-refractivity contribution < 1.29 is 0 Å². The maximum atomic E-state index is 12.0. The van der Waals surface area contributed by atoms with Gasteiger partial charge in [0.2, 0.25) is 0 Å². The molecule has 0 bridgehead atoms. The van der Waals surface area contributed by atoms with Gasteiger partial charge < -0.3 is 4.98 Å². The van der Waals surface area contributed by atoms with Crippen LogP contribution in [0.25, 0.3) is 10.9 Å². The minimum atomic E-state index is 0.153. The van der Waals surface area contributed by atoms with Gasteiger partial charge in [-0.15, -0.1) is 0 Å². The fourth-order valence-electron chi connectivity index (χ4n) is 2.85. The molecule has 0 amide bonds. The van der Waals surface area contributed by atoms with Gasteiger partial charge in [0.25, 0.3) is 0 Å². The normalized spacial score (nSPS) is 17.4. The second-order valence-corrected chi connectivity index (χ2v) is 4.97. The molecule has 0 unspecified atom stereocenters. The number of aromatic amines is 1. The van der Waals surface area contributed by atoms with Crippen molar-refractivity contribution in [3.63, 3.8) is 0 Å². The molecule has 0 radical (unpaired) electrons. The summed E-state index contributed by atoms with van der Waals surface area (Å²) in [5.74, 6) is 0.557. The molecule has 17 heavy (non-hydrogen) atoms. The molecular weight excluding hydrogens is 210 g/mol. The molecule has 2 heteroatoms. The molecule has 0 saturated heterocycles. The van der Waals surface area contributed by atoms with Crippen LogP contribution in [-0.2, 0) is 0 Å². The number of fused-ring (bicyclic) bond motifs is 1. The standard InChI is InChI=1S/C15H17NO/c17-15-10-14(11-6-2-1-3-7-11)16-13-9-5-4-8-12(13)15/h4-5,8-11H,1-3,6-7H2,(H,16,17). The van der Waals surface area contributed by atoms with Gasteiger partial charge in [0.15, 0.2) is 5.43 Å². The maximum absolute atomic E-state index is 12.0. The minimum Gasteiger partial charge on any atom is -0.358 e. The molecule has 2 nitrogen and oxygen atoms in total. The molecule has 1 fully saturated rings. The van der Waals surface area contributed by atoms with Crippen molar-refractivity contribution in [2.24, 2.45) is 0 Å². The molecule has 0 aliphatic heterocycles. The second-order valence-electron chi connectivity index (χ2n) is 4.97.